The molecule has 0 saturated heterocycles. The van der Waals surface area contributed by atoms with Gasteiger partial charge in [-0.05, 0) is 67.3 Å². The summed E-state index contributed by atoms with van der Waals surface area (Å²) < 4.78 is 1.99. The predicted octanol–water partition coefficient (Wildman–Crippen LogP) is 3.77. The van der Waals surface area contributed by atoms with Crippen molar-refractivity contribution in [1.29, 1.82) is 0 Å². The molecule has 0 radical (unpaired) electrons. The second-order valence-corrected chi connectivity index (χ2v) is 9.19. The van der Waals surface area contributed by atoms with Crippen molar-refractivity contribution in [1.82, 2.24) is 20.1 Å². The number of nitrogens with one attached hydrogen (secondary N) is 1. The summed E-state index contributed by atoms with van der Waals surface area (Å²) >= 11 is 0. The number of hydrogen-bond donors (Lipinski definition) is 1. The minimum atomic E-state index is 0.180. The Morgan fingerprint density at radius 1 is 1.15 bits per heavy atom. The van der Waals surface area contributed by atoms with Crippen molar-refractivity contribution in [2.24, 2.45) is 28.6 Å². The second kappa shape index (κ2) is 5.54. The maximum absolute atomic E-state index is 12.0. The van der Waals surface area contributed by atoms with E-state index in [2.05, 4.69) is 35.3 Å². The zero-order valence-corrected chi connectivity index (χ0v) is 15.7. The molecule has 1 aromatic rings. The van der Waals surface area contributed by atoms with Crippen molar-refractivity contribution in [3.8, 4) is 0 Å². The monoisotopic (exact) mass is 352 g/mol. The number of rotatable bonds is 1. The summed E-state index contributed by atoms with van der Waals surface area (Å²) in [6.07, 6.45) is 15.6. The Kier molecular flexibility index (Phi) is 3.47. The van der Waals surface area contributed by atoms with E-state index in [1.807, 2.05) is 17.2 Å². The average Bonchev–Trinajstić information content (AvgIpc) is 3.22. The van der Waals surface area contributed by atoms with E-state index in [0.717, 1.165) is 25.2 Å². The van der Waals surface area contributed by atoms with Crippen LogP contribution in [0.3, 0.4) is 0 Å². The lowest BCUT2D eigenvalue weighted by molar-refractivity contribution is -0.120. The molecule has 4 aliphatic rings. The van der Waals surface area contributed by atoms with Gasteiger partial charge in [-0.25, -0.2) is 9.67 Å². The van der Waals surface area contributed by atoms with Crippen molar-refractivity contribution in [3.05, 3.63) is 30.5 Å². The number of hydrogen-bond acceptors (Lipinski definition) is 3. The minimum absolute atomic E-state index is 0.180. The third kappa shape index (κ3) is 2.12. The van der Waals surface area contributed by atoms with Crippen molar-refractivity contribution in [2.75, 3.05) is 0 Å². The molecule has 1 N–H and O–H groups in total. The van der Waals surface area contributed by atoms with Crippen LogP contribution in [0, 0.1) is 28.6 Å². The van der Waals surface area contributed by atoms with Crippen LogP contribution in [0.2, 0.25) is 0 Å². The molecule has 0 bridgehead atoms. The molecule has 3 aliphatic carbocycles. The Morgan fingerprint density at radius 2 is 2.04 bits per heavy atom. The molecular weight excluding hydrogens is 324 g/mol. The van der Waals surface area contributed by atoms with Crippen LogP contribution < -0.4 is 5.32 Å². The van der Waals surface area contributed by atoms with Gasteiger partial charge in [-0.1, -0.05) is 19.9 Å². The lowest BCUT2D eigenvalue weighted by Gasteiger charge is -2.56. The van der Waals surface area contributed by atoms with E-state index < -0.39 is 0 Å². The largest absolute Gasteiger partial charge is 0.333 e. The van der Waals surface area contributed by atoms with E-state index >= 15 is 0 Å². The van der Waals surface area contributed by atoms with Crippen molar-refractivity contribution in [2.45, 2.75) is 58.8 Å². The molecule has 1 amide bonds. The molecule has 5 heteroatoms. The van der Waals surface area contributed by atoms with E-state index in [1.54, 1.807) is 6.33 Å². The number of amides is 1. The third-order valence-corrected chi connectivity index (χ3v) is 8.22. The topological polar surface area (TPSA) is 59.8 Å². The quantitative estimate of drug-likeness (QED) is 0.837. The van der Waals surface area contributed by atoms with Crippen LogP contribution in [0.25, 0.3) is 5.70 Å². The SMILES string of the molecule is C[C@]12CCC(=O)NC=C1CC[C@@H]1C2CC[C@]2(C)C(n3cncn3)=CC[C@@H]12. The Hall–Kier alpha value is -1.91. The molecule has 5 rings (SSSR count). The first-order valence-corrected chi connectivity index (χ1v) is 10.1. The fourth-order valence-electron chi connectivity index (χ4n) is 6.76. The number of nitrogens with zero attached hydrogens (tertiary/aromatic N) is 3. The normalized spacial score (nSPS) is 41.9. The average molecular weight is 352 g/mol. The zero-order valence-electron chi connectivity index (χ0n) is 15.7. The van der Waals surface area contributed by atoms with E-state index in [9.17, 15) is 4.79 Å². The van der Waals surface area contributed by atoms with Crippen LogP contribution in [0.15, 0.2) is 30.5 Å². The van der Waals surface area contributed by atoms with Crippen LogP contribution in [-0.2, 0) is 4.79 Å². The van der Waals surface area contributed by atoms with Gasteiger partial charge in [-0.3, -0.25) is 4.79 Å². The van der Waals surface area contributed by atoms with Gasteiger partial charge in [0.15, 0.2) is 0 Å². The molecule has 5 nitrogen and oxygen atoms in total. The molecule has 0 aromatic carbocycles. The minimum Gasteiger partial charge on any atom is -0.333 e. The van der Waals surface area contributed by atoms with Crippen LogP contribution in [0.4, 0.5) is 0 Å². The van der Waals surface area contributed by atoms with Crippen molar-refractivity contribution >= 4 is 11.6 Å². The van der Waals surface area contributed by atoms with E-state index in [0.29, 0.717) is 18.3 Å². The summed E-state index contributed by atoms with van der Waals surface area (Å²) in [6, 6.07) is 0. The van der Waals surface area contributed by atoms with Gasteiger partial charge in [-0.15, -0.1) is 0 Å². The summed E-state index contributed by atoms with van der Waals surface area (Å²) in [5, 5.41) is 7.43. The van der Waals surface area contributed by atoms with Gasteiger partial charge >= 0.3 is 0 Å². The Labute approximate surface area is 155 Å². The summed E-state index contributed by atoms with van der Waals surface area (Å²) in [5.74, 6) is 2.30. The number of carbonyl (C=O) groups excluding carboxylic acids is 1. The van der Waals surface area contributed by atoms with Crippen LogP contribution in [0.1, 0.15) is 58.8 Å². The molecule has 1 aliphatic heterocycles. The highest BCUT2D eigenvalue weighted by Crippen LogP contribution is 2.65. The zero-order chi connectivity index (χ0) is 17.9. The highest BCUT2D eigenvalue weighted by Gasteiger charge is 2.57. The smallest absolute Gasteiger partial charge is 0.223 e. The van der Waals surface area contributed by atoms with E-state index in [1.165, 1.54) is 30.5 Å². The summed E-state index contributed by atoms with van der Waals surface area (Å²) in [5.41, 5.74) is 3.21. The van der Waals surface area contributed by atoms with E-state index in [4.69, 9.17) is 0 Å². The van der Waals surface area contributed by atoms with Gasteiger partial charge in [-0.2, -0.15) is 5.10 Å². The second-order valence-electron chi connectivity index (χ2n) is 9.19. The summed E-state index contributed by atoms with van der Waals surface area (Å²) in [4.78, 5) is 16.1. The van der Waals surface area contributed by atoms with Crippen molar-refractivity contribution < 1.29 is 4.79 Å². The van der Waals surface area contributed by atoms with Gasteiger partial charge < -0.3 is 5.32 Å². The van der Waals surface area contributed by atoms with Gasteiger partial charge in [0.2, 0.25) is 5.91 Å². The Balaban J connectivity index is 1.47. The van der Waals surface area contributed by atoms with E-state index in [-0.39, 0.29) is 16.7 Å². The van der Waals surface area contributed by atoms with Gasteiger partial charge in [0.25, 0.3) is 0 Å². The highest BCUT2D eigenvalue weighted by molar-refractivity contribution is 5.77. The summed E-state index contributed by atoms with van der Waals surface area (Å²) in [7, 11) is 0. The lowest BCUT2D eigenvalue weighted by atomic mass is 9.48. The van der Waals surface area contributed by atoms with Crippen molar-refractivity contribution in [3.63, 3.8) is 0 Å². The standard InChI is InChI=1S/C21H28N4O/c1-20-10-8-19(26)23-11-14(20)3-4-15-16-5-6-18(25-13-22-12-24-25)21(16,2)9-7-17(15)20/h6,11-13,15-17H,3-5,7-10H2,1-2H3,(H,23,26)/t15-,16-,17?,20-,21-/m0/s1. The first-order chi connectivity index (χ1) is 12.5. The fraction of sp³-hybridized carbons (Fsp3) is 0.667. The number of aromatic nitrogens is 3. The Morgan fingerprint density at radius 3 is 2.85 bits per heavy atom. The van der Waals surface area contributed by atoms with Gasteiger partial charge in [0, 0.05) is 23.7 Å². The van der Waals surface area contributed by atoms with Gasteiger partial charge in [0.05, 0.1) is 0 Å². The molecule has 2 saturated carbocycles. The molecule has 5 atom stereocenters. The highest BCUT2D eigenvalue weighted by atomic mass is 16.1. The third-order valence-electron chi connectivity index (χ3n) is 8.22. The molecule has 2 heterocycles. The number of fused-ring (bicyclic) bond motifs is 5. The van der Waals surface area contributed by atoms with Crippen LogP contribution in [-0.4, -0.2) is 20.7 Å². The molecule has 0 spiro atoms. The fourth-order valence-corrected chi connectivity index (χ4v) is 6.76. The molecule has 1 aromatic heterocycles. The molecule has 2 fully saturated rings. The molecule has 26 heavy (non-hydrogen) atoms. The lowest BCUT2D eigenvalue weighted by Crippen LogP contribution is -2.49. The number of allylic oxidation sites excluding steroid dienone is 3. The predicted molar refractivity (Wildman–Crippen MR) is 99.5 cm³/mol. The molecule has 138 valence electrons. The van der Waals surface area contributed by atoms with Gasteiger partial charge in [0.1, 0.15) is 12.7 Å². The Bertz CT molecular complexity index is 795. The first-order valence-electron chi connectivity index (χ1n) is 10.1. The first kappa shape index (κ1) is 16.3. The molecular formula is C21H28N4O. The maximum atomic E-state index is 12.0. The maximum Gasteiger partial charge on any atom is 0.223 e. The summed E-state index contributed by atoms with van der Waals surface area (Å²) in [6.45, 7) is 4.87. The molecule has 1 unspecified atom stereocenters. The van der Waals surface area contributed by atoms with Crippen LogP contribution in [0.5, 0.6) is 0 Å². The van der Waals surface area contributed by atoms with Crippen LogP contribution >= 0.6 is 0 Å². The number of carbonyl (C=O) groups is 1.